The van der Waals surface area contributed by atoms with Gasteiger partial charge in [-0.05, 0) is 32.0 Å². The molecule has 0 atom stereocenters. The normalized spacial score (nSPS) is 10.0. The van der Waals surface area contributed by atoms with Crippen LogP contribution in [0.4, 0.5) is 4.39 Å². The first-order chi connectivity index (χ1) is 7.63. The van der Waals surface area contributed by atoms with Gasteiger partial charge in [-0.1, -0.05) is 0 Å². The minimum Gasteiger partial charge on any atom is -0.496 e. The molecular weight excluding hydrogens is 209 g/mol. The van der Waals surface area contributed by atoms with E-state index in [0.717, 1.165) is 0 Å². The van der Waals surface area contributed by atoms with Gasteiger partial charge in [-0.2, -0.15) is 0 Å². The lowest BCUT2D eigenvalue weighted by molar-refractivity contribution is 0.0769. The van der Waals surface area contributed by atoms with Gasteiger partial charge in [0.05, 0.1) is 12.7 Å². The van der Waals surface area contributed by atoms with Crippen LogP contribution in [0.2, 0.25) is 0 Å². The fourth-order valence-electron chi connectivity index (χ4n) is 1.53. The Morgan fingerprint density at radius 1 is 1.38 bits per heavy atom. The van der Waals surface area contributed by atoms with E-state index in [4.69, 9.17) is 4.74 Å². The maximum Gasteiger partial charge on any atom is 0.257 e. The lowest BCUT2D eigenvalue weighted by Gasteiger charge is -2.19. The molecule has 1 aromatic carbocycles. The summed E-state index contributed by atoms with van der Waals surface area (Å²) in [4.78, 5) is 13.6. The Hall–Kier alpha value is -1.58. The summed E-state index contributed by atoms with van der Waals surface area (Å²) in [7, 11) is 1.46. The maximum atomic E-state index is 13.1. The molecule has 4 heteroatoms. The Morgan fingerprint density at radius 2 is 2.00 bits per heavy atom. The van der Waals surface area contributed by atoms with E-state index in [1.807, 2.05) is 13.8 Å². The highest BCUT2D eigenvalue weighted by molar-refractivity contribution is 5.96. The predicted molar refractivity (Wildman–Crippen MR) is 60.2 cm³/mol. The molecule has 0 fully saturated rings. The Balaban J connectivity index is 3.10. The number of benzene rings is 1. The standard InChI is InChI=1S/C12H16FNO2/c1-4-14(5-2)12(15)10-8-9(13)6-7-11(10)16-3/h6-8H,4-5H2,1-3H3. The molecule has 0 aromatic heterocycles. The number of rotatable bonds is 4. The zero-order valence-electron chi connectivity index (χ0n) is 9.79. The summed E-state index contributed by atoms with van der Waals surface area (Å²) >= 11 is 0. The maximum absolute atomic E-state index is 13.1. The van der Waals surface area contributed by atoms with Gasteiger partial charge in [0, 0.05) is 13.1 Å². The van der Waals surface area contributed by atoms with Gasteiger partial charge >= 0.3 is 0 Å². The van der Waals surface area contributed by atoms with E-state index in [-0.39, 0.29) is 11.5 Å². The average Bonchev–Trinajstić information content (AvgIpc) is 2.30. The van der Waals surface area contributed by atoms with E-state index in [0.29, 0.717) is 18.8 Å². The predicted octanol–water partition coefficient (Wildman–Crippen LogP) is 2.32. The molecule has 0 radical (unpaired) electrons. The van der Waals surface area contributed by atoms with Crippen LogP contribution in [-0.4, -0.2) is 31.0 Å². The molecule has 0 aliphatic carbocycles. The number of amides is 1. The van der Waals surface area contributed by atoms with Crippen LogP contribution in [0, 0.1) is 5.82 Å². The van der Waals surface area contributed by atoms with Gasteiger partial charge in [0.1, 0.15) is 11.6 Å². The first-order valence-corrected chi connectivity index (χ1v) is 5.26. The summed E-state index contributed by atoms with van der Waals surface area (Å²) in [5.74, 6) is -0.240. The van der Waals surface area contributed by atoms with E-state index in [2.05, 4.69) is 0 Å². The molecule has 0 saturated carbocycles. The number of methoxy groups -OCH3 is 1. The van der Waals surface area contributed by atoms with Crippen molar-refractivity contribution < 1.29 is 13.9 Å². The highest BCUT2D eigenvalue weighted by atomic mass is 19.1. The minimum atomic E-state index is -0.434. The van der Waals surface area contributed by atoms with Gasteiger partial charge < -0.3 is 9.64 Å². The molecule has 0 unspecified atom stereocenters. The summed E-state index contributed by atoms with van der Waals surface area (Å²) < 4.78 is 18.1. The number of ether oxygens (including phenoxy) is 1. The first kappa shape index (κ1) is 12.5. The quantitative estimate of drug-likeness (QED) is 0.787. The van der Waals surface area contributed by atoms with Crippen molar-refractivity contribution in [1.29, 1.82) is 0 Å². The number of halogens is 1. The summed E-state index contributed by atoms with van der Waals surface area (Å²) in [6.45, 7) is 4.95. The van der Waals surface area contributed by atoms with Crippen LogP contribution >= 0.6 is 0 Å². The topological polar surface area (TPSA) is 29.5 Å². The van der Waals surface area contributed by atoms with Gasteiger partial charge in [-0.3, -0.25) is 4.79 Å². The Bertz CT molecular complexity index is 375. The van der Waals surface area contributed by atoms with Gasteiger partial charge in [0.25, 0.3) is 5.91 Å². The number of carbonyl (C=O) groups is 1. The smallest absolute Gasteiger partial charge is 0.257 e. The largest absolute Gasteiger partial charge is 0.496 e. The zero-order chi connectivity index (χ0) is 12.1. The van der Waals surface area contributed by atoms with Gasteiger partial charge in [-0.25, -0.2) is 4.39 Å². The Kier molecular flexibility index (Phi) is 4.28. The molecule has 88 valence electrons. The SMILES string of the molecule is CCN(CC)C(=O)c1cc(F)ccc1OC. The summed E-state index contributed by atoms with van der Waals surface area (Å²) in [6, 6.07) is 3.95. The molecule has 1 aromatic rings. The third-order valence-electron chi connectivity index (χ3n) is 2.44. The van der Waals surface area contributed by atoms with Crippen LogP contribution < -0.4 is 4.74 Å². The van der Waals surface area contributed by atoms with Gasteiger partial charge in [0.2, 0.25) is 0 Å². The number of nitrogens with zero attached hydrogens (tertiary/aromatic N) is 1. The number of carbonyl (C=O) groups excluding carboxylic acids is 1. The molecule has 16 heavy (non-hydrogen) atoms. The minimum absolute atomic E-state index is 0.207. The molecule has 0 bridgehead atoms. The van der Waals surface area contributed by atoms with E-state index in [1.165, 1.54) is 25.3 Å². The molecule has 1 rings (SSSR count). The van der Waals surface area contributed by atoms with Crippen molar-refractivity contribution in [3.63, 3.8) is 0 Å². The van der Waals surface area contributed by atoms with Gasteiger partial charge in [0.15, 0.2) is 0 Å². The highest BCUT2D eigenvalue weighted by Gasteiger charge is 2.17. The third kappa shape index (κ3) is 2.51. The van der Waals surface area contributed by atoms with Crippen molar-refractivity contribution in [1.82, 2.24) is 4.90 Å². The molecule has 0 aliphatic rings. The lowest BCUT2D eigenvalue weighted by atomic mass is 10.1. The second-order valence-corrected chi connectivity index (χ2v) is 3.32. The van der Waals surface area contributed by atoms with E-state index in [1.54, 1.807) is 4.90 Å². The molecule has 0 N–H and O–H groups in total. The summed E-state index contributed by atoms with van der Waals surface area (Å²) in [6.07, 6.45) is 0. The fraction of sp³-hybridized carbons (Fsp3) is 0.417. The van der Waals surface area contributed by atoms with Gasteiger partial charge in [-0.15, -0.1) is 0 Å². The van der Waals surface area contributed by atoms with Crippen molar-refractivity contribution in [3.8, 4) is 5.75 Å². The molecule has 3 nitrogen and oxygen atoms in total. The van der Waals surface area contributed by atoms with Crippen molar-refractivity contribution in [2.45, 2.75) is 13.8 Å². The van der Waals surface area contributed by atoms with Crippen molar-refractivity contribution in [2.24, 2.45) is 0 Å². The molecule has 0 aliphatic heterocycles. The third-order valence-corrected chi connectivity index (χ3v) is 2.44. The van der Waals surface area contributed by atoms with E-state index in [9.17, 15) is 9.18 Å². The Morgan fingerprint density at radius 3 is 2.50 bits per heavy atom. The molecule has 0 saturated heterocycles. The van der Waals surface area contributed by atoms with Crippen LogP contribution in [-0.2, 0) is 0 Å². The first-order valence-electron chi connectivity index (χ1n) is 5.26. The fourth-order valence-corrected chi connectivity index (χ4v) is 1.53. The summed E-state index contributed by atoms with van der Waals surface area (Å²) in [5.41, 5.74) is 0.270. The number of hydrogen-bond acceptors (Lipinski definition) is 2. The van der Waals surface area contributed by atoms with Crippen LogP contribution in [0.15, 0.2) is 18.2 Å². The monoisotopic (exact) mass is 225 g/mol. The van der Waals surface area contributed by atoms with E-state index >= 15 is 0 Å². The van der Waals surface area contributed by atoms with Crippen LogP contribution in [0.25, 0.3) is 0 Å². The average molecular weight is 225 g/mol. The molecule has 0 spiro atoms. The summed E-state index contributed by atoms with van der Waals surface area (Å²) in [5, 5.41) is 0. The number of hydrogen-bond donors (Lipinski definition) is 0. The Labute approximate surface area is 94.8 Å². The van der Waals surface area contributed by atoms with Crippen LogP contribution in [0.3, 0.4) is 0 Å². The zero-order valence-corrected chi connectivity index (χ0v) is 9.79. The molecular formula is C12H16FNO2. The van der Waals surface area contributed by atoms with Crippen molar-refractivity contribution >= 4 is 5.91 Å². The van der Waals surface area contributed by atoms with E-state index < -0.39 is 5.82 Å². The van der Waals surface area contributed by atoms with Crippen molar-refractivity contribution in [3.05, 3.63) is 29.6 Å². The second kappa shape index (κ2) is 5.49. The van der Waals surface area contributed by atoms with Crippen LogP contribution in [0.1, 0.15) is 24.2 Å². The molecule has 1 amide bonds. The lowest BCUT2D eigenvalue weighted by Crippen LogP contribution is -2.30. The highest BCUT2D eigenvalue weighted by Crippen LogP contribution is 2.20. The van der Waals surface area contributed by atoms with Crippen molar-refractivity contribution in [2.75, 3.05) is 20.2 Å². The van der Waals surface area contributed by atoms with Crippen LogP contribution in [0.5, 0.6) is 5.75 Å². The second-order valence-electron chi connectivity index (χ2n) is 3.32. The molecule has 0 heterocycles.